The molecule has 0 atom stereocenters. The van der Waals surface area contributed by atoms with Crippen molar-refractivity contribution >= 4 is 28.6 Å². The number of fused-ring (bicyclic) bond motifs is 3. The van der Waals surface area contributed by atoms with E-state index in [2.05, 4.69) is 41.6 Å². The van der Waals surface area contributed by atoms with Crippen LogP contribution in [0, 0.1) is 15.9 Å². The van der Waals surface area contributed by atoms with E-state index in [4.69, 9.17) is 9.72 Å². The third-order valence-corrected chi connectivity index (χ3v) is 6.57. The van der Waals surface area contributed by atoms with Crippen molar-refractivity contribution in [3.05, 3.63) is 27.1 Å². The molecule has 0 radical (unpaired) electrons. The van der Waals surface area contributed by atoms with E-state index < -0.39 is 0 Å². The first-order chi connectivity index (χ1) is 9.51. The number of rotatable bonds is 2. The smallest absolute Gasteiger partial charge is 0.311 e. The van der Waals surface area contributed by atoms with Crippen molar-refractivity contribution in [3.63, 3.8) is 0 Å². The first-order valence-corrected chi connectivity index (χ1v) is 8.31. The number of methoxy groups -OCH3 is 1. The summed E-state index contributed by atoms with van der Waals surface area (Å²) in [6, 6.07) is 4.36. The summed E-state index contributed by atoms with van der Waals surface area (Å²) in [6.45, 7) is 2.08. The van der Waals surface area contributed by atoms with Crippen molar-refractivity contribution in [2.75, 3.05) is 7.11 Å². The Morgan fingerprint density at radius 2 is 1.80 bits per heavy atom. The second-order valence-electron chi connectivity index (χ2n) is 6.32. The zero-order chi connectivity index (χ0) is 14.4. The van der Waals surface area contributed by atoms with E-state index in [0.717, 1.165) is 44.2 Å². The highest BCUT2D eigenvalue weighted by molar-refractivity contribution is 14.1. The lowest BCUT2D eigenvalue weighted by atomic mass is 9.52. The lowest BCUT2D eigenvalue weighted by Crippen LogP contribution is -2.48. The van der Waals surface area contributed by atoms with E-state index in [1.165, 1.54) is 16.4 Å². The topological polar surface area (TPSA) is 39.2 Å². The summed E-state index contributed by atoms with van der Waals surface area (Å²) < 4.78 is 6.25. The fourth-order valence-electron chi connectivity index (χ4n) is 3.93. The highest BCUT2D eigenvalue weighted by atomic mass is 127. The molecule has 3 aliphatic rings. The summed E-state index contributed by atoms with van der Waals surface area (Å²) in [5, 5.41) is 0. The van der Waals surface area contributed by atoms with Crippen molar-refractivity contribution in [1.82, 2.24) is 4.98 Å². The number of esters is 1. The molecule has 20 heavy (non-hydrogen) atoms. The molecule has 3 fully saturated rings. The van der Waals surface area contributed by atoms with Crippen LogP contribution in [0.2, 0.25) is 0 Å². The van der Waals surface area contributed by atoms with Crippen LogP contribution in [0.5, 0.6) is 0 Å². The van der Waals surface area contributed by atoms with Crippen LogP contribution >= 0.6 is 22.6 Å². The second kappa shape index (κ2) is 4.97. The second-order valence-corrected chi connectivity index (χ2v) is 7.48. The van der Waals surface area contributed by atoms with E-state index in [9.17, 15) is 4.79 Å². The Balaban J connectivity index is 1.88. The first kappa shape index (κ1) is 14.3. The fraction of sp³-hybridized carbons (Fsp3) is 0.625. The van der Waals surface area contributed by atoms with Gasteiger partial charge in [-0.1, -0.05) is 0 Å². The molecular weight excluding hydrogens is 365 g/mol. The van der Waals surface area contributed by atoms with E-state index in [-0.39, 0.29) is 16.8 Å². The van der Waals surface area contributed by atoms with Gasteiger partial charge in [0.1, 0.15) is 0 Å². The van der Waals surface area contributed by atoms with Gasteiger partial charge in [-0.05, 0) is 80.2 Å². The maximum atomic E-state index is 12.0. The third-order valence-electron chi connectivity index (χ3n) is 5.43. The zero-order valence-electron chi connectivity index (χ0n) is 12.0. The number of hydrogen-bond donors (Lipinski definition) is 0. The van der Waals surface area contributed by atoms with Crippen molar-refractivity contribution in [2.24, 2.45) is 5.41 Å². The van der Waals surface area contributed by atoms with Crippen molar-refractivity contribution in [2.45, 2.75) is 50.9 Å². The Kier molecular flexibility index (Phi) is 3.55. The molecule has 0 unspecified atom stereocenters. The third kappa shape index (κ3) is 2.07. The van der Waals surface area contributed by atoms with Crippen molar-refractivity contribution in [3.8, 4) is 0 Å². The quantitative estimate of drug-likeness (QED) is 0.575. The lowest BCUT2D eigenvalue weighted by Gasteiger charge is -2.51. The lowest BCUT2D eigenvalue weighted by molar-refractivity contribution is -0.160. The van der Waals surface area contributed by atoms with E-state index in [0.29, 0.717) is 0 Å². The molecule has 1 aromatic rings. The molecule has 1 heterocycles. The van der Waals surface area contributed by atoms with Crippen LogP contribution in [-0.2, 0) is 14.9 Å². The normalized spacial score (nSPS) is 32.1. The van der Waals surface area contributed by atoms with E-state index in [1.807, 2.05) is 0 Å². The van der Waals surface area contributed by atoms with Crippen LogP contribution in [0.15, 0.2) is 12.1 Å². The fourth-order valence-corrected chi connectivity index (χ4v) is 4.23. The molecule has 108 valence electrons. The standard InChI is InChI=1S/C16H20INO2/c1-11-12(17)3-4-13(18-11)15-5-8-16(9-6-15,10-7-15)14(19)20-2/h3-4H,5-10H2,1-2H3. The van der Waals surface area contributed by atoms with Gasteiger partial charge >= 0.3 is 5.97 Å². The number of pyridine rings is 1. The van der Waals surface area contributed by atoms with E-state index >= 15 is 0 Å². The number of carbonyl (C=O) groups excluding carboxylic acids is 1. The van der Waals surface area contributed by atoms with Gasteiger partial charge in [-0.25, -0.2) is 0 Å². The molecule has 0 aromatic carbocycles. The van der Waals surface area contributed by atoms with Gasteiger partial charge in [-0.3, -0.25) is 9.78 Å². The van der Waals surface area contributed by atoms with Crippen LogP contribution < -0.4 is 0 Å². The average Bonchev–Trinajstić information content (AvgIpc) is 2.51. The first-order valence-electron chi connectivity index (χ1n) is 7.23. The van der Waals surface area contributed by atoms with Crippen LogP contribution in [0.1, 0.15) is 49.9 Å². The summed E-state index contributed by atoms with van der Waals surface area (Å²) in [7, 11) is 1.51. The number of carbonyl (C=O) groups is 1. The summed E-state index contributed by atoms with van der Waals surface area (Å²) in [4.78, 5) is 16.9. The Morgan fingerprint density at radius 3 is 2.30 bits per heavy atom. The monoisotopic (exact) mass is 385 g/mol. The molecule has 0 spiro atoms. The van der Waals surface area contributed by atoms with Gasteiger partial charge in [0.15, 0.2) is 0 Å². The largest absolute Gasteiger partial charge is 0.469 e. The maximum absolute atomic E-state index is 12.0. The summed E-state index contributed by atoms with van der Waals surface area (Å²) in [5.74, 6) is -0.00227. The Hall–Kier alpha value is -0.650. The number of nitrogens with zero attached hydrogens (tertiary/aromatic N) is 1. The number of aromatic nitrogens is 1. The minimum atomic E-state index is -0.200. The Bertz CT molecular complexity index is 531. The highest BCUT2D eigenvalue weighted by Crippen LogP contribution is 2.57. The predicted octanol–water partition coefficient (Wildman–Crippen LogP) is 3.76. The van der Waals surface area contributed by atoms with Crippen LogP contribution in [0.4, 0.5) is 0 Å². The van der Waals surface area contributed by atoms with Crippen molar-refractivity contribution in [1.29, 1.82) is 0 Å². The van der Waals surface area contributed by atoms with Gasteiger partial charge in [0.25, 0.3) is 0 Å². The molecule has 3 aliphatic carbocycles. The molecule has 0 saturated heterocycles. The van der Waals surface area contributed by atoms with Gasteiger partial charge in [-0.2, -0.15) is 0 Å². The Morgan fingerprint density at radius 1 is 1.20 bits per heavy atom. The highest BCUT2D eigenvalue weighted by Gasteiger charge is 2.54. The number of aryl methyl sites for hydroxylation is 1. The SMILES string of the molecule is COC(=O)C12CCC(c3ccc(I)c(C)n3)(CC1)CC2. The van der Waals surface area contributed by atoms with Crippen LogP contribution in [0.3, 0.4) is 0 Å². The molecule has 3 saturated carbocycles. The minimum absolute atomic E-state index is 0.00227. The van der Waals surface area contributed by atoms with Crippen LogP contribution in [0.25, 0.3) is 0 Å². The number of ether oxygens (including phenoxy) is 1. The molecule has 0 amide bonds. The molecule has 3 nitrogen and oxygen atoms in total. The number of hydrogen-bond acceptors (Lipinski definition) is 3. The van der Waals surface area contributed by atoms with Gasteiger partial charge in [0.05, 0.1) is 18.2 Å². The average molecular weight is 385 g/mol. The predicted molar refractivity (Wildman–Crippen MR) is 85.5 cm³/mol. The van der Waals surface area contributed by atoms with E-state index in [1.54, 1.807) is 0 Å². The maximum Gasteiger partial charge on any atom is 0.311 e. The minimum Gasteiger partial charge on any atom is -0.469 e. The molecular formula is C16H20INO2. The molecule has 1 aromatic heterocycles. The molecule has 4 heteroatoms. The molecule has 0 N–H and O–H groups in total. The summed E-state index contributed by atoms with van der Waals surface area (Å²) in [5.41, 5.74) is 2.35. The van der Waals surface area contributed by atoms with Gasteiger partial charge in [-0.15, -0.1) is 0 Å². The summed E-state index contributed by atoms with van der Waals surface area (Å²) in [6.07, 6.45) is 6.05. The summed E-state index contributed by atoms with van der Waals surface area (Å²) >= 11 is 2.33. The van der Waals surface area contributed by atoms with Gasteiger partial charge < -0.3 is 4.74 Å². The Labute approximate surface area is 133 Å². The zero-order valence-corrected chi connectivity index (χ0v) is 14.2. The van der Waals surface area contributed by atoms with Crippen molar-refractivity contribution < 1.29 is 9.53 Å². The van der Waals surface area contributed by atoms with Gasteiger partial charge in [0, 0.05) is 14.7 Å². The van der Waals surface area contributed by atoms with Gasteiger partial charge in [0.2, 0.25) is 0 Å². The molecule has 2 bridgehead atoms. The van der Waals surface area contributed by atoms with Crippen LogP contribution in [-0.4, -0.2) is 18.1 Å². The number of halogens is 1. The molecule has 0 aliphatic heterocycles. The molecule has 4 rings (SSSR count).